The quantitative estimate of drug-likeness (QED) is 0.652. The lowest BCUT2D eigenvalue weighted by Gasteiger charge is -2.08. The van der Waals surface area contributed by atoms with E-state index in [9.17, 15) is 4.79 Å². The summed E-state index contributed by atoms with van der Waals surface area (Å²) in [5.74, 6) is 1.25. The molecule has 0 saturated carbocycles. The van der Waals surface area contributed by atoms with Gasteiger partial charge >= 0.3 is 5.97 Å². The van der Waals surface area contributed by atoms with Crippen molar-refractivity contribution in [3.8, 4) is 11.5 Å². The second kappa shape index (κ2) is 5.58. The zero-order valence-electron chi connectivity index (χ0n) is 11.8. The molecule has 106 valence electrons. The summed E-state index contributed by atoms with van der Waals surface area (Å²) in [6, 6.07) is 15.5. The molecule has 1 heterocycles. The molecule has 0 aliphatic rings. The van der Waals surface area contributed by atoms with Gasteiger partial charge in [0.1, 0.15) is 16.4 Å². The number of thiophene rings is 1. The van der Waals surface area contributed by atoms with Crippen LogP contribution < -0.4 is 4.74 Å². The Hall–Kier alpha value is -2.33. The normalized spacial score (nSPS) is 10.6. The summed E-state index contributed by atoms with van der Waals surface area (Å²) in [6.45, 7) is 2.00. The maximum atomic E-state index is 11.7. The highest BCUT2D eigenvalue weighted by atomic mass is 32.1. The molecule has 0 saturated heterocycles. The van der Waals surface area contributed by atoms with Gasteiger partial charge in [-0.15, -0.1) is 11.3 Å². The molecule has 0 atom stereocenters. The molecule has 0 bridgehead atoms. The van der Waals surface area contributed by atoms with Gasteiger partial charge in [0.25, 0.3) is 0 Å². The number of benzene rings is 2. The number of aryl methyl sites for hydroxylation is 1. The molecule has 0 N–H and O–H groups in total. The summed E-state index contributed by atoms with van der Waals surface area (Å²) < 4.78 is 11.7. The van der Waals surface area contributed by atoms with Gasteiger partial charge in [-0.25, -0.2) is 4.79 Å². The third kappa shape index (κ3) is 2.62. The minimum absolute atomic E-state index is 0.321. The lowest BCUT2D eigenvalue weighted by atomic mass is 10.2. The van der Waals surface area contributed by atoms with Crippen molar-refractivity contribution in [2.75, 3.05) is 7.11 Å². The topological polar surface area (TPSA) is 35.5 Å². The first-order valence-corrected chi connectivity index (χ1v) is 7.35. The fourth-order valence-corrected chi connectivity index (χ4v) is 3.13. The van der Waals surface area contributed by atoms with Crippen molar-refractivity contribution in [2.24, 2.45) is 0 Å². The Morgan fingerprint density at radius 2 is 1.81 bits per heavy atom. The van der Waals surface area contributed by atoms with Gasteiger partial charge in [-0.05, 0) is 36.1 Å². The van der Waals surface area contributed by atoms with Crippen LogP contribution in [-0.4, -0.2) is 13.1 Å². The summed E-state index contributed by atoms with van der Waals surface area (Å²) in [7, 11) is 1.39. The second-order valence-corrected chi connectivity index (χ2v) is 5.70. The first-order chi connectivity index (χ1) is 10.2. The number of fused-ring (bicyclic) bond motifs is 1. The van der Waals surface area contributed by atoms with E-state index in [-0.39, 0.29) is 5.97 Å². The van der Waals surface area contributed by atoms with Crippen LogP contribution in [0.4, 0.5) is 0 Å². The van der Waals surface area contributed by atoms with Crippen molar-refractivity contribution in [3.63, 3.8) is 0 Å². The zero-order valence-corrected chi connectivity index (χ0v) is 12.6. The van der Waals surface area contributed by atoms with Crippen LogP contribution in [0.15, 0.2) is 48.5 Å². The highest BCUT2D eigenvalue weighted by Gasteiger charge is 2.13. The lowest BCUT2D eigenvalue weighted by molar-refractivity contribution is 0.0606. The molecular formula is C17H14O3S. The van der Waals surface area contributed by atoms with Gasteiger partial charge in [-0.2, -0.15) is 0 Å². The van der Waals surface area contributed by atoms with Crippen molar-refractivity contribution < 1.29 is 14.3 Å². The molecule has 0 radical (unpaired) electrons. The Kier molecular flexibility index (Phi) is 3.62. The van der Waals surface area contributed by atoms with Crippen molar-refractivity contribution in [1.82, 2.24) is 0 Å². The van der Waals surface area contributed by atoms with E-state index in [0.717, 1.165) is 27.1 Å². The summed E-state index contributed by atoms with van der Waals surface area (Å²) >= 11 is 1.38. The Balaban J connectivity index is 2.05. The molecule has 4 heteroatoms. The van der Waals surface area contributed by atoms with Crippen LogP contribution in [-0.2, 0) is 4.74 Å². The highest BCUT2D eigenvalue weighted by Crippen LogP contribution is 2.36. The Morgan fingerprint density at radius 3 is 2.57 bits per heavy atom. The van der Waals surface area contributed by atoms with Gasteiger partial charge in [0, 0.05) is 0 Å². The zero-order chi connectivity index (χ0) is 14.8. The number of carbonyl (C=O) groups excluding carboxylic acids is 1. The minimum Gasteiger partial charge on any atom is -0.465 e. The number of methoxy groups -OCH3 is 1. The summed E-state index contributed by atoms with van der Waals surface area (Å²) in [4.78, 5) is 12.2. The molecule has 0 unspecified atom stereocenters. The largest absolute Gasteiger partial charge is 0.465 e. The number of hydrogen-bond acceptors (Lipinski definition) is 4. The molecule has 0 amide bonds. The molecule has 3 aromatic rings. The van der Waals surface area contributed by atoms with Crippen molar-refractivity contribution in [1.29, 1.82) is 0 Å². The van der Waals surface area contributed by atoms with Crippen molar-refractivity contribution in [2.45, 2.75) is 6.92 Å². The van der Waals surface area contributed by atoms with Gasteiger partial charge in [0.2, 0.25) is 0 Å². The fraction of sp³-hybridized carbons (Fsp3) is 0.118. The standard InChI is InChI=1S/C17H14O3S/c1-11-6-3-4-8-13(11)20-14-9-5-7-12-10-15(17(18)19-2)21-16(12)14/h3-10H,1-2H3. The van der Waals surface area contributed by atoms with Crippen LogP contribution in [0.25, 0.3) is 10.1 Å². The molecule has 3 rings (SSSR count). The maximum Gasteiger partial charge on any atom is 0.348 e. The highest BCUT2D eigenvalue weighted by molar-refractivity contribution is 7.21. The molecule has 2 aromatic carbocycles. The van der Waals surface area contributed by atoms with E-state index < -0.39 is 0 Å². The average Bonchev–Trinajstić information content (AvgIpc) is 2.94. The van der Waals surface area contributed by atoms with Crippen LogP contribution in [0.3, 0.4) is 0 Å². The smallest absolute Gasteiger partial charge is 0.348 e. The first-order valence-electron chi connectivity index (χ1n) is 6.53. The first kappa shape index (κ1) is 13.6. The van der Waals surface area contributed by atoms with E-state index in [1.165, 1.54) is 18.4 Å². The molecule has 0 spiro atoms. The molecule has 3 nitrogen and oxygen atoms in total. The summed E-state index contributed by atoms with van der Waals surface area (Å²) in [5.41, 5.74) is 1.07. The lowest BCUT2D eigenvalue weighted by Crippen LogP contribution is -1.96. The number of para-hydroxylation sites is 1. The SMILES string of the molecule is COC(=O)c1cc2cccc(Oc3ccccc3C)c2s1. The van der Waals surface area contributed by atoms with Crippen LogP contribution >= 0.6 is 11.3 Å². The third-order valence-electron chi connectivity index (χ3n) is 3.21. The van der Waals surface area contributed by atoms with E-state index in [1.807, 2.05) is 55.5 Å². The van der Waals surface area contributed by atoms with E-state index in [1.54, 1.807) is 0 Å². The Labute approximate surface area is 126 Å². The monoisotopic (exact) mass is 298 g/mol. The minimum atomic E-state index is -0.321. The van der Waals surface area contributed by atoms with Crippen molar-refractivity contribution >= 4 is 27.4 Å². The number of carbonyl (C=O) groups is 1. The molecule has 1 aromatic heterocycles. The van der Waals surface area contributed by atoms with Crippen LogP contribution in [0.1, 0.15) is 15.2 Å². The van der Waals surface area contributed by atoms with Gasteiger partial charge < -0.3 is 9.47 Å². The van der Waals surface area contributed by atoms with Gasteiger partial charge in [0.15, 0.2) is 0 Å². The molecule has 0 aliphatic carbocycles. The summed E-state index contributed by atoms with van der Waals surface area (Å²) in [5, 5.41) is 0.978. The van der Waals surface area contributed by atoms with Gasteiger partial charge in [-0.1, -0.05) is 30.3 Å². The molecular weight excluding hydrogens is 284 g/mol. The number of rotatable bonds is 3. The maximum absolute atomic E-state index is 11.7. The predicted octanol–water partition coefficient (Wildman–Crippen LogP) is 4.79. The van der Waals surface area contributed by atoms with Crippen LogP contribution in [0.2, 0.25) is 0 Å². The molecule has 0 aliphatic heterocycles. The fourth-order valence-electron chi connectivity index (χ4n) is 2.11. The van der Waals surface area contributed by atoms with Crippen LogP contribution in [0, 0.1) is 6.92 Å². The van der Waals surface area contributed by atoms with Gasteiger partial charge in [0.05, 0.1) is 11.8 Å². The van der Waals surface area contributed by atoms with Crippen molar-refractivity contribution in [3.05, 3.63) is 59.0 Å². The Morgan fingerprint density at radius 1 is 1.05 bits per heavy atom. The average molecular weight is 298 g/mol. The number of hydrogen-bond donors (Lipinski definition) is 0. The Bertz CT molecular complexity index is 805. The number of esters is 1. The van der Waals surface area contributed by atoms with E-state index in [0.29, 0.717) is 4.88 Å². The second-order valence-electron chi connectivity index (χ2n) is 4.64. The predicted molar refractivity (Wildman–Crippen MR) is 84.4 cm³/mol. The van der Waals surface area contributed by atoms with Gasteiger partial charge in [-0.3, -0.25) is 0 Å². The van der Waals surface area contributed by atoms with E-state index in [2.05, 4.69) is 0 Å². The van der Waals surface area contributed by atoms with Crippen LogP contribution in [0.5, 0.6) is 11.5 Å². The molecule has 21 heavy (non-hydrogen) atoms. The van der Waals surface area contributed by atoms with E-state index in [4.69, 9.17) is 9.47 Å². The summed E-state index contributed by atoms with van der Waals surface area (Å²) in [6.07, 6.45) is 0. The molecule has 0 fully saturated rings. The van der Waals surface area contributed by atoms with E-state index >= 15 is 0 Å². The third-order valence-corrected chi connectivity index (χ3v) is 4.35. The number of ether oxygens (including phenoxy) is 2.